The van der Waals surface area contributed by atoms with E-state index in [1.807, 2.05) is 6.07 Å². The van der Waals surface area contributed by atoms with Crippen molar-refractivity contribution in [1.82, 2.24) is 15.5 Å². The van der Waals surface area contributed by atoms with E-state index in [1.165, 1.54) is 12.5 Å². The number of hydrogen-bond donors (Lipinski definition) is 3. The van der Waals surface area contributed by atoms with Crippen molar-refractivity contribution in [2.75, 3.05) is 5.32 Å². The number of rotatable bonds is 5. The average Bonchev–Trinajstić information content (AvgIpc) is 3.24. The van der Waals surface area contributed by atoms with Gasteiger partial charge in [-0.05, 0) is 18.6 Å². The molecule has 0 unspecified atom stereocenters. The van der Waals surface area contributed by atoms with Crippen molar-refractivity contribution >= 4 is 17.6 Å². The van der Waals surface area contributed by atoms with Crippen LogP contribution in [0.1, 0.15) is 27.7 Å². The number of aryl methyl sites for hydroxylation is 1. The van der Waals surface area contributed by atoms with Gasteiger partial charge in [-0.25, -0.2) is 0 Å². The Morgan fingerprint density at radius 2 is 1.96 bits per heavy atom. The number of amides is 2. The Kier molecular flexibility index (Phi) is 4.42. The van der Waals surface area contributed by atoms with Crippen molar-refractivity contribution in [3.05, 3.63) is 71.8 Å². The lowest BCUT2D eigenvalue weighted by atomic mass is 10.1. The van der Waals surface area contributed by atoms with Crippen LogP contribution in [0.3, 0.4) is 0 Å². The van der Waals surface area contributed by atoms with Gasteiger partial charge >= 0.3 is 0 Å². The van der Waals surface area contributed by atoms with Crippen molar-refractivity contribution in [2.24, 2.45) is 0 Å². The normalized spacial score (nSPS) is 11.7. The first kappa shape index (κ1) is 15.5. The van der Waals surface area contributed by atoms with Gasteiger partial charge in [0.05, 0.1) is 18.0 Å². The SMILES string of the molecule is Cc1occc1C(=O)N[C@H](C(=O)Nc1ccn[nH]1)c1ccccc1. The van der Waals surface area contributed by atoms with Crippen molar-refractivity contribution < 1.29 is 14.0 Å². The number of H-pyrrole nitrogens is 1. The minimum absolute atomic E-state index is 0.375. The number of carbonyl (C=O) groups is 2. The van der Waals surface area contributed by atoms with Crippen molar-refractivity contribution in [3.8, 4) is 0 Å². The molecule has 0 aliphatic heterocycles. The molecule has 0 saturated heterocycles. The Morgan fingerprint density at radius 3 is 2.58 bits per heavy atom. The summed E-state index contributed by atoms with van der Waals surface area (Å²) < 4.78 is 5.14. The highest BCUT2D eigenvalue weighted by Crippen LogP contribution is 2.17. The summed E-state index contributed by atoms with van der Waals surface area (Å²) in [6, 6.07) is 11.4. The maximum Gasteiger partial charge on any atom is 0.255 e. The Bertz CT molecular complexity index is 825. The van der Waals surface area contributed by atoms with E-state index in [1.54, 1.807) is 43.3 Å². The number of anilines is 1. The van der Waals surface area contributed by atoms with Crippen LogP contribution in [0, 0.1) is 6.92 Å². The average molecular weight is 324 g/mol. The quantitative estimate of drug-likeness (QED) is 0.671. The summed E-state index contributed by atoms with van der Waals surface area (Å²) in [7, 11) is 0. The summed E-state index contributed by atoms with van der Waals surface area (Å²) in [6.07, 6.45) is 2.97. The zero-order valence-electron chi connectivity index (χ0n) is 12.9. The van der Waals surface area contributed by atoms with Gasteiger partial charge in [-0.3, -0.25) is 14.7 Å². The maximum atomic E-state index is 12.6. The molecule has 3 N–H and O–H groups in total. The third-order valence-electron chi connectivity index (χ3n) is 3.53. The third kappa shape index (κ3) is 3.35. The van der Waals surface area contributed by atoms with Crippen LogP contribution in [0.4, 0.5) is 5.82 Å². The summed E-state index contributed by atoms with van der Waals surface area (Å²) >= 11 is 0. The lowest BCUT2D eigenvalue weighted by molar-refractivity contribution is -0.118. The maximum absolute atomic E-state index is 12.6. The zero-order valence-corrected chi connectivity index (χ0v) is 12.9. The second-order valence-corrected chi connectivity index (χ2v) is 5.17. The monoisotopic (exact) mass is 324 g/mol. The molecule has 7 nitrogen and oxygen atoms in total. The number of nitrogens with one attached hydrogen (secondary N) is 3. The number of carbonyl (C=O) groups excluding carboxylic acids is 2. The lowest BCUT2D eigenvalue weighted by Gasteiger charge is -2.18. The lowest BCUT2D eigenvalue weighted by Crippen LogP contribution is -2.37. The molecule has 24 heavy (non-hydrogen) atoms. The van der Waals surface area contributed by atoms with Gasteiger partial charge < -0.3 is 15.1 Å². The number of benzene rings is 1. The van der Waals surface area contributed by atoms with Crippen LogP contribution < -0.4 is 10.6 Å². The molecule has 0 aliphatic rings. The first-order chi connectivity index (χ1) is 11.6. The fourth-order valence-corrected chi connectivity index (χ4v) is 2.31. The molecule has 2 aromatic heterocycles. The Balaban J connectivity index is 1.84. The summed E-state index contributed by atoms with van der Waals surface area (Å²) in [6.45, 7) is 1.69. The number of hydrogen-bond acceptors (Lipinski definition) is 4. The van der Waals surface area contributed by atoms with Crippen LogP contribution >= 0.6 is 0 Å². The van der Waals surface area contributed by atoms with Crippen LogP contribution in [0.2, 0.25) is 0 Å². The Hall–Kier alpha value is -3.35. The van der Waals surface area contributed by atoms with Gasteiger partial charge in [-0.15, -0.1) is 0 Å². The van der Waals surface area contributed by atoms with E-state index < -0.39 is 6.04 Å². The number of furan rings is 1. The first-order valence-electron chi connectivity index (χ1n) is 7.35. The van der Waals surface area contributed by atoms with Gasteiger partial charge in [0.2, 0.25) is 0 Å². The van der Waals surface area contributed by atoms with Crippen LogP contribution in [0.15, 0.2) is 59.3 Å². The molecule has 0 bridgehead atoms. The molecule has 3 aromatic rings. The second kappa shape index (κ2) is 6.82. The second-order valence-electron chi connectivity index (χ2n) is 5.17. The summed E-state index contributed by atoms with van der Waals surface area (Å²) in [5.41, 5.74) is 1.06. The minimum atomic E-state index is -0.851. The van der Waals surface area contributed by atoms with E-state index in [9.17, 15) is 9.59 Å². The van der Waals surface area contributed by atoms with Crippen LogP contribution in [0.25, 0.3) is 0 Å². The fourth-order valence-electron chi connectivity index (χ4n) is 2.31. The largest absolute Gasteiger partial charge is 0.469 e. The first-order valence-corrected chi connectivity index (χ1v) is 7.35. The summed E-state index contributed by atoms with van der Waals surface area (Å²) in [4.78, 5) is 25.0. The molecule has 0 radical (unpaired) electrons. The minimum Gasteiger partial charge on any atom is -0.469 e. The predicted molar refractivity (Wildman–Crippen MR) is 87.3 cm³/mol. The van der Waals surface area contributed by atoms with E-state index in [2.05, 4.69) is 20.8 Å². The summed E-state index contributed by atoms with van der Waals surface area (Å²) in [5.74, 6) is 0.192. The molecule has 0 saturated carbocycles. The Morgan fingerprint density at radius 1 is 1.17 bits per heavy atom. The van der Waals surface area contributed by atoms with E-state index in [0.29, 0.717) is 22.7 Å². The highest BCUT2D eigenvalue weighted by atomic mass is 16.3. The van der Waals surface area contributed by atoms with Crippen LogP contribution in [-0.2, 0) is 4.79 Å². The van der Waals surface area contributed by atoms with Gasteiger partial charge in [0.15, 0.2) is 0 Å². The molecule has 1 atom stereocenters. The van der Waals surface area contributed by atoms with Gasteiger partial charge in [0, 0.05) is 6.07 Å². The van der Waals surface area contributed by atoms with E-state index in [4.69, 9.17) is 4.42 Å². The smallest absolute Gasteiger partial charge is 0.255 e. The molecule has 3 rings (SSSR count). The molecule has 0 fully saturated rings. The molecular formula is C17H16N4O3. The topological polar surface area (TPSA) is 100 Å². The molecular weight excluding hydrogens is 308 g/mol. The van der Waals surface area contributed by atoms with E-state index in [0.717, 1.165) is 0 Å². The molecule has 122 valence electrons. The highest BCUT2D eigenvalue weighted by molar-refractivity contribution is 6.01. The van der Waals surface area contributed by atoms with Gasteiger partial charge in [-0.1, -0.05) is 30.3 Å². The molecule has 0 spiro atoms. The van der Waals surface area contributed by atoms with Crippen LogP contribution in [-0.4, -0.2) is 22.0 Å². The highest BCUT2D eigenvalue weighted by Gasteiger charge is 2.24. The molecule has 1 aromatic carbocycles. The van der Waals surface area contributed by atoms with Crippen LogP contribution in [0.5, 0.6) is 0 Å². The van der Waals surface area contributed by atoms with Gasteiger partial charge in [0.25, 0.3) is 11.8 Å². The third-order valence-corrected chi connectivity index (χ3v) is 3.53. The molecule has 2 heterocycles. The number of aromatic nitrogens is 2. The number of aromatic amines is 1. The van der Waals surface area contributed by atoms with Crippen molar-refractivity contribution in [2.45, 2.75) is 13.0 Å². The molecule has 7 heteroatoms. The van der Waals surface area contributed by atoms with Gasteiger partial charge in [0.1, 0.15) is 17.6 Å². The van der Waals surface area contributed by atoms with Crippen molar-refractivity contribution in [1.29, 1.82) is 0 Å². The molecule has 0 aliphatic carbocycles. The fraction of sp³-hybridized carbons (Fsp3) is 0.118. The Labute approximate surface area is 138 Å². The van der Waals surface area contributed by atoms with Crippen molar-refractivity contribution in [3.63, 3.8) is 0 Å². The molecule has 2 amide bonds. The van der Waals surface area contributed by atoms with E-state index >= 15 is 0 Å². The van der Waals surface area contributed by atoms with E-state index in [-0.39, 0.29) is 11.8 Å². The zero-order chi connectivity index (χ0) is 16.9. The van der Waals surface area contributed by atoms with Gasteiger partial charge in [-0.2, -0.15) is 5.10 Å². The summed E-state index contributed by atoms with van der Waals surface area (Å²) in [5, 5.41) is 11.9. The number of nitrogens with zero attached hydrogens (tertiary/aromatic N) is 1. The predicted octanol–water partition coefficient (Wildman–Crippen LogP) is 2.42. The standard InChI is InChI=1S/C17H16N4O3/c1-11-13(8-10-24-11)16(22)20-15(12-5-3-2-4-6-12)17(23)19-14-7-9-18-21-14/h2-10,15H,1H3,(H,20,22)(H2,18,19,21,23)/t15-/m0/s1.